The SMILES string of the molecule is Nc1ccc2c(c1)Oc1c(cccc1-c1cc(N3CCOCC3)cc(=O)[nH]1)C2.O=c1cc(N2CCOCC2)cc(-c2cccc3c2Oc2cc(NCc4cccnc4)ccc2C3)[nH]1. The Bertz CT molecular complexity index is 2900. The maximum atomic E-state index is 12.6. The smallest absolute Gasteiger partial charge is 0.250 e. The van der Waals surface area contributed by atoms with Crippen LogP contribution in [-0.4, -0.2) is 67.6 Å². The first-order valence-electron chi connectivity index (χ1n) is 21.3. The lowest BCUT2D eigenvalue weighted by Gasteiger charge is -2.29. The van der Waals surface area contributed by atoms with Crippen LogP contribution in [0.5, 0.6) is 23.0 Å². The number of hydrogen-bond donors (Lipinski definition) is 4. The number of hydrogen-bond acceptors (Lipinski definition) is 11. The lowest BCUT2D eigenvalue weighted by atomic mass is 9.96. The summed E-state index contributed by atoms with van der Waals surface area (Å²) in [4.78, 5) is 39.5. The maximum absolute atomic E-state index is 12.6. The Balaban J connectivity index is 0.000000153. The number of ether oxygens (including phenoxy) is 4. The van der Waals surface area contributed by atoms with Crippen molar-refractivity contribution in [1.29, 1.82) is 0 Å². The van der Waals surface area contributed by atoms with Gasteiger partial charge >= 0.3 is 0 Å². The lowest BCUT2D eigenvalue weighted by Crippen LogP contribution is -2.36. The van der Waals surface area contributed by atoms with Crippen LogP contribution in [0.25, 0.3) is 22.5 Å². The minimum atomic E-state index is -0.128. The van der Waals surface area contributed by atoms with Crippen molar-refractivity contribution in [2.45, 2.75) is 19.4 Å². The fourth-order valence-corrected chi connectivity index (χ4v) is 8.52. The molecular weight excluding hydrogens is 795 g/mol. The highest BCUT2D eigenvalue weighted by Crippen LogP contribution is 2.45. The number of H-pyrrole nitrogens is 2. The van der Waals surface area contributed by atoms with Crippen LogP contribution in [0.3, 0.4) is 0 Å². The molecule has 11 rings (SSSR count). The summed E-state index contributed by atoms with van der Waals surface area (Å²) >= 11 is 0. The van der Waals surface area contributed by atoms with Gasteiger partial charge in [0.15, 0.2) is 0 Å². The Morgan fingerprint density at radius 1 is 0.603 bits per heavy atom. The average molecular weight is 842 g/mol. The molecule has 0 spiro atoms. The van der Waals surface area contributed by atoms with Crippen LogP contribution in [0.2, 0.25) is 0 Å². The number of rotatable bonds is 7. The number of aromatic nitrogens is 3. The van der Waals surface area contributed by atoms with E-state index in [1.54, 1.807) is 18.3 Å². The van der Waals surface area contributed by atoms with Gasteiger partial charge in [-0.25, -0.2) is 0 Å². The van der Waals surface area contributed by atoms with Gasteiger partial charge in [0.25, 0.3) is 0 Å². The second-order valence-electron chi connectivity index (χ2n) is 16.0. The monoisotopic (exact) mass is 841 g/mol. The third-order valence-electron chi connectivity index (χ3n) is 11.7. The highest BCUT2D eigenvalue weighted by Gasteiger charge is 2.24. The second-order valence-corrected chi connectivity index (χ2v) is 16.0. The Morgan fingerprint density at radius 2 is 1.16 bits per heavy atom. The Morgan fingerprint density at radius 3 is 1.71 bits per heavy atom. The number of benzene rings is 4. The zero-order valence-electron chi connectivity index (χ0n) is 34.7. The van der Waals surface area contributed by atoms with Crippen LogP contribution in [0, 0.1) is 0 Å². The Hall–Kier alpha value is -7.35. The number of nitrogens with two attached hydrogens (primary N) is 1. The van der Waals surface area contributed by atoms with Gasteiger partial charge in [0, 0.05) is 116 Å². The third kappa shape index (κ3) is 8.74. The summed E-state index contributed by atoms with van der Waals surface area (Å²) in [5.74, 6) is 3.16. The van der Waals surface area contributed by atoms with Crippen LogP contribution in [-0.2, 0) is 28.9 Å². The van der Waals surface area contributed by atoms with E-state index in [2.05, 4.69) is 54.3 Å². The second kappa shape index (κ2) is 17.6. The zero-order chi connectivity index (χ0) is 42.7. The largest absolute Gasteiger partial charge is 0.456 e. The number of anilines is 4. The molecule has 7 heterocycles. The zero-order valence-corrected chi connectivity index (χ0v) is 34.7. The van der Waals surface area contributed by atoms with Crippen LogP contribution in [0.15, 0.2) is 131 Å². The molecule has 318 valence electrons. The fraction of sp³-hybridized carbons (Fsp3) is 0.220. The molecule has 0 bridgehead atoms. The topological polar surface area (TPSA) is 160 Å². The van der Waals surface area contributed by atoms with Crippen LogP contribution in [0.4, 0.5) is 22.7 Å². The molecule has 2 saturated heterocycles. The van der Waals surface area contributed by atoms with E-state index in [1.807, 2.05) is 79.0 Å². The number of nitrogens with one attached hydrogen (secondary N) is 3. The van der Waals surface area contributed by atoms with E-state index >= 15 is 0 Å². The van der Waals surface area contributed by atoms with Gasteiger partial charge in [-0.05, 0) is 70.3 Å². The highest BCUT2D eigenvalue weighted by molar-refractivity contribution is 5.76. The molecule has 5 N–H and O–H groups in total. The number of morpholine rings is 2. The molecule has 63 heavy (non-hydrogen) atoms. The fourth-order valence-electron chi connectivity index (χ4n) is 8.52. The van der Waals surface area contributed by atoms with Crippen molar-refractivity contribution in [1.82, 2.24) is 15.0 Å². The van der Waals surface area contributed by atoms with E-state index < -0.39 is 0 Å². The quantitative estimate of drug-likeness (QED) is 0.116. The molecule has 0 radical (unpaired) electrons. The highest BCUT2D eigenvalue weighted by atomic mass is 16.5. The molecule has 7 aromatic rings. The predicted octanol–water partition coefficient (Wildman–Crippen LogP) is 7.74. The van der Waals surface area contributed by atoms with Gasteiger partial charge < -0.3 is 49.8 Å². The molecule has 13 heteroatoms. The average Bonchev–Trinajstić information content (AvgIpc) is 3.32. The molecule has 0 aliphatic carbocycles. The van der Waals surface area contributed by atoms with E-state index in [9.17, 15) is 9.59 Å². The first-order chi connectivity index (χ1) is 30.9. The number of aromatic amines is 2. The van der Waals surface area contributed by atoms with E-state index in [1.165, 1.54) is 0 Å². The van der Waals surface area contributed by atoms with Gasteiger partial charge in [-0.2, -0.15) is 0 Å². The molecule has 3 aromatic heterocycles. The molecule has 4 aliphatic rings. The Labute approximate surface area is 364 Å². The number of para-hydroxylation sites is 2. The van der Waals surface area contributed by atoms with Crippen LogP contribution < -0.4 is 41.4 Å². The van der Waals surface area contributed by atoms with Gasteiger partial charge in [-0.1, -0.05) is 42.5 Å². The van der Waals surface area contributed by atoms with Gasteiger partial charge in [0.2, 0.25) is 11.1 Å². The summed E-state index contributed by atoms with van der Waals surface area (Å²) in [5.41, 5.74) is 17.9. The summed E-state index contributed by atoms with van der Waals surface area (Å²) in [7, 11) is 0. The molecule has 0 saturated carbocycles. The maximum Gasteiger partial charge on any atom is 0.250 e. The van der Waals surface area contributed by atoms with Gasteiger partial charge in [-0.3, -0.25) is 14.6 Å². The van der Waals surface area contributed by atoms with Crippen LogP contribution >= 0.6 is 0 Å². The van der Waals surface area contributed by atoms with Crippen molar-refractivity contribution in [3.05, 3.63) is 170 Å². The number of pyridine rings is 3. The minimum absolute atomic E-state index is 0.125. The molecule has 13 nitrogen and oxygen atoms in total. The predicted molar refractivity (Wildman–Crippen MR) is 246 cm³/mol. The summed E-state index contributed by atoms with van der Waals surface area (Å²) < 4.78 is 23.6. The van der Waals surface area contributed by atoms with E-state index in [-0.39, 0.29) is 11.1 Å². The van der Waals surface area contributed by atoms with Gasteiger partial charge in [-0.15, -0.1) is 0 Å². The molecular formula is C50H47N7O6. The van der Waals surface area contributed by atoms with Gasteiger partial charge in [0.1, 0.15) is 23.0 Å². The Kier molecular flexibility index (Phi) is 11.1. The summed E-state index contributed by atoms with van der Waals surface area (Å²) in [5, 5.41) is 3.45. The molecule has 0 amide bonds. The minimum Gasteiger partial charge on any atom is -0.456 e. The summed E-state index contributed by atoms with van der Waals surface area (Å²) in [6.07, 6.45) is 5.17. The third-order valence-corrected chi connectivity index (χ3v) is 11.7. The van der Waals surface area contributed by atoms with Crippen LogP contribution in [0.1, 0.15) is 27.8 Å². The van der Waals surface area contributed by atoms with Crippen molar-refractivity contribution < 1.29 is 18.9 Å². The molecule has 4 aromatic carbocycles. The summed E-state index contributed by atoms with van der Waals surface area (Å²) in [6, 6.07) is 35.4. The lowest BCUT2D eigenvalue weighted by molar-refractivity contribution is 0.122. The first kappa shape index (κ1) is 39.8. The summed E-state index contributed by atoms with van der Waals surface area (Å²) in [6.45, 7) is 6.46. The van der Waals surface area contributed by atoms with Crippen molar-refractivity contribution in [3.8, 4) is 45.5 Å². The van der Waals surface area contributed by atoms with Crippen molar-refractivity contribution in [2.75, 3.05) is 73.5 Å². The van der Waals surface area contributed by atoms with Crippen molar-refractivity contribution in [3.63, 3.8) is 0 Å². The van der Waals surface area contributed by atoms with E-state index in [4.69, 9.17) is 24.7 Å². The van der Waals surface area contributed by atoms with E-state index in [0.29, 0.717) is 38.7 Å². The first-order valence-corrected chi connectivity index (χ1v) is 21.3. The molecule has 4 aliphatic heterocycles. The molecule has 2 fully saturated rings. The number of fused-ring (bicyclic) bond motifs is 4. The van der Waals surface area contributed by atoms with E-state index in [0.717, 1.165) is 129 Å². The molecule has 0 unspecified atom stereocenters. The van der Waals surface area contributed by atoms with Crippen molar-refractivity contribution in [2.24, 2.45) is 0 Å². The normalized spacial score (nSPS) is 15.0. The van der Waals surface area contributed by atoms with Gasteiger partial charge in [0.05, 0.1) is 37.8 Å². The number of nitrogen functional groups attached to an aromatic ring is 1. The molecule has 0 atom stereocenters. The van der Waals surface area contributed by atoms with Crippen molar-refractivity contribution >= 4 is 22.7 Å². The standard InChI is InChI=1S/C28H26N4O3.C22H21N3O3/c33-27-16-23(32-9-11-34-12-10-32)15-25(31-27)24-5-1-4-21-13-20-6-7-22(14-26(20)35-28(21)24)30-18-19-3-2-8-29-17-19;23-16-5-4-14-10-15-2-1-3-18(22(15)28-20(14)11-16)19-12-17(13-21(26)24-19)25-6-8-27-9-7-25/h1-8,14-17,30H,9-13,18H2,(H,31,33);1-5,11-13H,6-10,23H2,(H,24,26). The number of nitrogens with zero attached hydrogens (tertiary/aromatic N) is 3.